The third-order valence-electron chi connectivity index (χ3n) is 2.35. The molecule has 0 bridgehead atoms. The van der Waals surface area contributed by atoms with Crippen molar-refractivity contribution < 1.29 is 4.79 Å². The van der Waals surface area contributed by atoms with E-state index in [1.807, 2.05) is 6.92 Å². The van der Waals surface area contributed by atoms with Gasteiger partial charge < -0.3 is 11.5 Å². The summed E-state index contributed by atoms with van der Waals surface area (Å²) < 4.78 is 0. The summed E-state index contributed by atoms with van der Waals surface area (Å²) in [6.45, 7) is 1.91. The quantitative estimate of drug-likeness (QED) is 0.582. The van der Waals surface area contributed by atoms with Gasteiger partial charge in [-0.05, 0) is 25.2 Å². The van der Waals surface area contributed by atoms with E-state index in [-0.39, 0.29) is 5.91 Å². The molecule has 0 heterocycles. The molecule has 58 valence electrons. The Bertz CT molecular complexity index is 154. The van der Waals surface area contributed by atoms with E-state index in [9.17, 15) is 4.79 Å². The van der Waals surface area contributed by atoms with Gasteiger partial charge in [0.1, 0.15) is 0 Å². The van der Waals surface area contributed by atoms with Crippen molar-refractivity contribution in [1.29, 1.82) is 0 Å². The van der Waals surface area contributed by atoms with Gasteiger partial charge in [0.15, 0.2) is 0 Å². The Morgan fingerprint density at radius 1 is 1.70 bits per heavy atom. The van der Waals surface area contributed by atoms with Crippen LogP contribution in [-0.2, 0) is 4.79 Å². The van der Waals surface area contributed by atoms with Crippen LogP contribution in [0.5, 0.6) is 0 Å². The molecule has 1 saturated carbocycles. The summed E-state index contributed by atoms with van der Waals surface area (Å²) in [5.74, 6) is 0.00694. The van der Waals surface area contributed by atoms with Crippen LogP contribution in [-0.4, -0.2) is 11.4 Å². The van der Waals surface area contributed by atoms with Gasteiger partial charge in [0.2, 0.25) is 5.91 Å². The van der Waals surface area contributed by atoms with Crippen molar-refractivity contribution in [3.05, 3.63) is 0 Å². The van der Waals surface area contributed by atoms with Crippen molar-refractivity contribution in [3.8, 4) is 0 Å². The van der Waals surface area contributed by atoms with Crippen molar-refractivity contribution in [3.63, 3.8) is 0 Å². The molecule has 1 aliphatic carbocycles. The second-order valence-electron chi connectivity index (χ2n) is 3.03. The summed E-state index contributed by atoms with van der Waals surface area (Å²) in [5, 5.41) is 0. The number of hydrogen-bond acceptors (Lipinski definition) is 2. The average molecular weight is 142 g/mol. The fraction of sp³-hybridized carbons (Fsp3) is 0.857. The summed E-state index contributed by atoms with van der Waals surface area (Å²) in [5.41, 5.74) is 10.2. The summed E-state index contributed by atoms with van der Waals surface area (Å²) >= 11 is 0. The minimum atomic E-state index is -0.708. The number of amides is 1. The highest BCUT2D eigenvalue weighted by atomic mass is 16.1. The molecule has 1 aliphatic rings. The third kappa shape index (κ3) is 1.01. The largest absolute Gasteiger partial charge is 0.368 e. The van der Waals surface area contributed by atoms with Gasteiger partial charge in [0.05, 0.1) is 5.54 Å². The van der Waals surface area contributed by atoms with Crippen molar-refractivity contribution in [1.82, 2.24) is 0 Å². The molecule has 1 atom stereocenters. The molecule has 4 N–H and O–H groups in total. The molecule has 0 aromatic rings. The highest BCUT2D eigenvalue weighted by Crippen LogP contribution is 2.39. The summed E-state index contributed by atoms with van der Waals surface area (Å²) in [7, 11) is 0. The predicted molar refractivity (Wildman–Crippen MR) is 39.1 cm³/mol. The van der Waals surface area contributed by atoms with E-state index in [1.165, 1.54) is 0 Å². The van der Waals surface area contributed by atoms with Crippen LogP contribution < -0.4 is 11.5 Å². The van der Waals surface area contributed by atoms with Gasteiger partial charge in [-0.3, -0.25) is 4.79 Å². The molecule has 3 nitrogen and oxygen atoms in total. The van der Waals surface area contributed by atoms with E-state index in [4.69, 9.17) is 11.5 Å². The van der Waals surface area contributed by atoms with E-state index in [0.29, 0.717) is 12.3 Å². The Labute approximate surface area is 60.8 Å². The van der Waals surface area contributed by atoms with Crippen LogP contribution in [0.1, 0.15) is 26.2 Å². The molecule has 1 fully saturated rings. The first kappa shape index (κ1) is 7.54. The van der Waals surface area contributed by atoms with E-state index in [1.54, 1.807) is 0 Å². The lowest BCUT2D eigenvalue weighted by Crippen LogP contribution is -2.53. The molecule has 0 aliphatic heterocycles. The van der Waals surface area contributed by atoms with Gasteiger partial charge in [-0.2, -0.15) is 0 Å². The van der Waals surface area contributed by atoms with Crippen LogP contribution in [0.4, 0.5) is 0 Å². The molecule has 3 heteroatoms. The molecule has 0 spiro atoms. The topological polar surface area (TPSA) is 69.1 Å². The normalized spacial score (nSPS) is 23.8. The zero-order valence-corrected chi connectivity index (χ0v) is 6.26. The monoisotopic (exact) mass is 142 g/mol. The number of carbonyl (C=O) groups is 1. The minimum absolute atomic E-state index is 0.350. The van der Waals surface area contributed by atoms with Crippen LogP contribution >= 0.6 is 0 Å². The van der Waals surface area contributed by atoms with E-state index in [2.05, 4.69) is 0 Å². The molecule has 1 rings (SSSR count). The molecule has 10 heavy (non-hydrogen) atoms. The average Bonchev–Trinajstić information content (AvgIpc) is 2.67. The number of nitrogens with two attached hydrogens (primary N) is 2. The molecule has 0 saturated heterocycles. The summed E-state index contributed by atoms with van der Waals surface area (Å²) in [6.07, 6.45) is 2.79. The highest BCUT2D eigenvalue weighted by Gasteiger charge is 2.45. The second kappa shape index (κ2) is 2.23. The maximum absolute atomic E-state index is 10.8. The third-order valence-corrected chi connectivity index (χ3v) is 2.35. The molecule has 0 aromatic heterocycles. The first-order valence-electron chi connectivity index (χ1n) is 3.70. The molecular weight excluding hydrogens is 128 g/mol. The number of primary amides is 1. The van der Waals surface area contributed by atoms with Crippen LogP contribution in [0.25, 0.3) is 0 Å². The van der Waals surface area contributed by atoms with Crippen molar-refractivity contribution in [2.75, 3.05) is 0 Å². The van der Waals surface area contributed by atoms with Gasteiger partial charge >= 0.3 is 0 Å². The summed E-state index contributed by atoms with van der Waals surface area (Å²) in [6, 6.07) is 0. The van der Waals surface area contributed by atoms with Crippen molar-refractivity contribution in [2.45, 2.75) is 31.7 Å². The van der Waals surface area contributed by atoms with Gasteiger partial charge in [-0.25, -0.2) is 0 Å². The van der Waals surface area contributed by atoms with E-state index >= 15 is 0 Å². The zero-order valence-electron chi connectivity index (χ0n) is 6.26. The van der Waals surface area contributed by atoms with Crippen molar-refractivity contribution in [2.24, 2.45) is 17.4 Å². The predicted octanol–water partition coefficient (Wildman–Crippen LogP) is -0.0108. The molecule has 0 unspecified atom stereocenters. The molecule has 1 amide bonds. The Hall–Kier alpha value is -0.570. The fourth-order valence-electron chi connectivity index (χ4n) is 1.26. The summed E-state index contributed by atoms with van der Waals surface area (Å²) in [4.78, 5) is 10.8. The lowest BCUT2D eigenvalue weighted by molar-refractivity contribution is -0.124. The van der Waals surface area contributed by atoms with E-state index < -0.39 is 5.54 Å². The Morgan fingerprint density at radius 3 is 2.30 bits per heavy atom. The maximum Gasteiger partial charge on any atom is 0.237 e. The molecule has 0 radical (unpaired) electrons. The number of rotatable bonds is 3. The SMILES string of the molecule is CC[C@](N)(C(N)=O)C1CC1. The zero-order chi connectivity index (χ0) is 7.78. The Morgan fingerprint density at radius 2 is 2.20 bits per heavy atom. The number of carbonyl (C=O) groups excluding carboxylic acids is 1. The first-order valence-corrected chi connectivity index (χ1v) is 3.70. The maximum atomic E-state index is 10.8. The highest BCUT2D eigenvalue weighted by molar-refractivity contribution is 5.85. The van der Waals surface area contributed by atoms with Crippen molar-refractivity contribution >= 4 is 5.91 Å². The fourth-order valence-corrected chi connectivity index (χ4v) is 1.26. The van der Waals surface area contributed by atoms with E-state index in [0.717, 1.165) is 12.8 Å². The Kier molecular flexibility index (Phi) is 1.68. The van der Waals surface area contributed by atoms with Crippen LogP contribution in [0.15, 0.2) is 0 Å². The standard InChI is InChI=1S/C7H14N2O/c1-2-7(9,6(8)10)5-3-4-5/h5H,2-4,9H2,1H3,(H2,8,10)/t7-/m1/s1. The Balaban J connectivity index is 2.65. The van der Waals surface area contributed by atoms with Crippen LogP contribution in [0.2, 0.25) is 0 Å². The smallest absolute Gasteiger partial charge is 0.237 e. The second-order valence-corrected chi connectivity index (χ2v) is 3.03. The van der Waals surface area contributed by atoms with Crippen LogP contribution in [0.3, 0.4) is 0 Å². The van der Waals surface area contributed by atoms with Gasteiger partial charge in [-0.1, -0.05) is 6.92 Å². The first-order chi connectivity index (χ1) is 4.61. The van der Waals surface area contributed by atoms with Gasteiger partial charge in [0, 0.05) is 0 Å². The molecular formula is C7H14N2O. The number of hydrogen-bond donors (Lipinski definition) is 2. The van der Waals surface area contributed by atoms with Gasteiger partial charge in [-0.15, -0.1) is 0 Å². The lowest BCUT2D eigenvalue weighted by atomic mass is 9.91. The van der Waals surface area contributed by atoms with Crippen LogP contribution in [0, 0.1) is 5.92 Å². The lowest BCUT2D eigenvalue weighted by Gasteiger charge is -2.23. The van der Waals surface area contributed by atoms with Gasteiger partial charge in [0.25, 0.3) is 0 Å². The minimum Gasteiger partial charge on any atom is -0.368 e. The molecule has 0 aromatic carbocycles.